The zero-order valence-corrected chi connectivity index (χ0v) is 15.5. The molecule has 1 amide bonds. The third-order valence-electron chi connectivity index (χ3n) is 5.70. The fourth-order valence-electron chi connectivity index (χ4n) is 4.32. The van der Waals surface area contributed by atoms with Crippen molar-refractivity contribution in [2.75, 3.05) is 0 Å². The van der Waals surface area contributed by atoms with E-state index in [-0.39, 0.29) is 10.4 Å². The molecule has 3 aromatic rings. The second-order valence-electron chi connectivity index (χ2n) is 7.25. The minimum Gasteiger partial charge on any atom is -0.320 e. The fourth-order valence-corrected chi connectivity index (χ4v) is 5.37. The van der Waals surface area contributed by atoms with Gasteiger partial charge < -0.3 is 4.57 Å². The van der Waals surface area contributed by atoms with Crippen LogP contribution in [0.25, 0.3) is 11.3 Å². The standard InChI is InChI=1S/C20H16FN3O3S/c21-14-5-7-15(8-6-14)28(26,27)23-19(25)13-9-20(10-13)17-4-2-1-3-16(17)18-11-22-12-24(18)20/h1-8,11-13H,9-10H2,(H,23,25). The first kappa shape index (κ1) is 17.1. The maximum absolute atomic E-state index is 13.0. The number of carbonyl (C=O) groups is 1. The summed E-state index contributed by atoms with van der Waals surface area (Å²) in [6.45, 7) is 0. The molecule has 2 heterocycles. The molecular weight excluding hydrogens is 381 g/mol. The molecule has 5 rings (SSSR count). The van der Waals surface area contributed by atoms with Gasteiger partial charge in [0.05, 0.1) is 28.7 Å². The first-order valence-electron chi connectivity index (χ1n) is 8.86. The van der Waals surface area contributed by atoms with E-state index in [4.69, 9.17) is 0 Å². The Hall–Kier alpha value is -3.00. The molecule has 0 atom stereocenters. The van der Waals surface area contributed by atoms with Gasteiger partial charge in [-0.25, -0.2) is 22.5 Å². The molecule has 0 bridgehead atoms. The maximum Gasteiger partial charge on any atom is 0.264 e. The molecule has 1 aliphatic carbocycles. The molecule has 1 N–H and O–H groups in total. The Morgan fingerprint density at radius 3 is 2.61 bits per heavy atom. The monoisotopic (exact) mass is 397 g/mol. The summed E-state index contributed by atoms with van der Waals surface area (Å²) in [5.41, 5.74) is 2.88. The van der Waals surface area contributed by atoms with Gasteiger partial charge in [0.15, 0.2) is 0 Å². The van der Waals surface area contributed by atoms with E-state index in [0.717, 1.165) is 41.1 Å². The van der Waals surface area contributed by atoms with E-state index < -0.39 is 27.7 Å². The van der Waals surface area contributed by atoms with Crippen molar-refractivity contribution in [1.82, 2.24) is 14.3 Å². The van der Waals surface area contributed by atoms with E-state index in [0.29, 0.717) is 12.8 Å². The largest absolute Gasteiger partial charge is 0.320 e. The summed E-state index contributed by atoms with van der Waals surface area (Å²) in [6.07, 6.45) is 4.56. The van der Waals surface area contributed by atoms with E-state index in [2.05, 4.69) is 14.3 Å². The average molecular weight is 397 g/mol. The molecule has 2 aromatic carbocycles. The Morgan fingerprint density at radius 2 is 1.86 bits per heavy atom. The quantitative estimate of drug-likeness (QED) is 0.737. The lowest BCUT2D eigenvalue weighted by atomic mass is 9.64. The van der Waals surface area contributed by atoms with Crippen LogP contribution in [0.5, 0.6) is 0 Å². The molecule has 0 unspecified atom stereocenters. The zero-order chi connectivity index (χ0) is 19.5. The average Bonchev–Trinajstić information content (AvgIpc) is 3.20. The molecule has 28 heavy (non-hydrogen) atoms. The number of sulfonamides is 1. The maximum atomic E-state index is 13.0. The third kappa shape index (κ3) is 2.34. The van der Waals surface area contributed by atoms with Crippen molar-refractivity contribution in [2.45, 2.75) is 23.3 Å². The van der Waals surface area contributed by atoms with E-state index in [1.807, 2.05) is 24.3 Å². The number of hydrogen-bond donors (Lipinski definition) is 1. The normalized spacial score (nSPS) is 22.4. The van der Waals surface area contributed by atoms with E-state index in [1.165, 1.54) is 0 Å². The second-order valence-corrected chi connectivity index (χ2v) is 8.94. The van der Waals surface area contributed by atoms with Crippen LogP contribution < -0.4 is 4.72 Å². The van der Waals surface area contributed by atoms with Crippen LogP contribution in [0.2, 0.25) is 0 Å². The molecule has 142 valence electrons. The summed E-state index contributed by atoms with van der Waals surface area (Å²) in [5.74, 6) is -1.51. The molecule has 6 nitrogen and oxygen atoms in total. The fraction of sp³-hybridized carbons (Fsp3) is 0.200. The van der Waals surface area contributed by atoms with Crippen molar-refractivity contribution in [2.24, 2.45) is 5.92 Å². The molecule has 2 aliphatic rings. The molecular formula is C20H16FN3O3S. The molecule has 1 saturated carbocycles. The first-order chi connectivity index (χ1) is 13.4. The van der Waals surface area contributed by atoms with Gasteiger partial charge in [-0.1, -0.05) is 24.3 Å². The summed E-state index contributed by atoms with van der Waals surface area (Å²) in [5, 5.41) is 0. The van der Waals surface area contributed by atoms with Crippen LogP contribution >= 0.6 is 0 Å². The molecule has 0 radical (unpaired) electrons. The summed E-state index contributed by atoms with van der Waals surface area (Å²) in [7, 11) is -4.03. The van der Waals surface area contributed by atoms with Crippen molar-refractivity contribution in [1.29, 1.82) is 0 Å². The lowest BCUT2D eigenvalue weighted by molar-refractivity contribution is -0.128. The van der Waals surface area contributed by atoms with Crippen molar-refractivity contribution >= 4 is 15.9 Å². The summed E-state index contributed by atoms with van der Waals surface area (Å²) < 4.78 is 42.0. The molecule has 1 fully saturated rings. The van der Waals surface area contributed by atoms with Gasteiger partial charge in [0.1, 0.15) is 5.82 Å². The van der Waals surface area contributed by atoms with Crippen LogP contribution in [0.4, 0.5) is 4.39 Å². The van der Waals surface area contributed by atoms with Gasteiger partial charge in [0, 0.05) is 11.5 Å². The van der Waals surface area contributed by atoms with Crippen molar-refractivity contribution in [3.63, 3.8) is 0 Å². The van der Waals surface area contributed by atoms with Crippen LogP contribution in [0.3, 0.4) is 0 Å². The van der Waals surface area contributed by atoms with Crippen molar-refractivity contribution < 1.29 is 17.6 Å². The smallest absolute Gasteiger partial charge is 0.264 e. The highest BCUT2D eigenvalue weighted by molar-refractivity contribution is 7.90. The van der Waals surface area contributed by atoms with Gasteiger partial charge in [0.25, 0.3) is 10.0 Å². The van der Waals surface area contributed by atoms with Crippen molar-refractivity contribution in [3.05, 3.63) is 72.4 Å². The number of halogens is 1. The Bertz CT molecular complexity index is 1200. The lowest BCUT2D eigenvalue weighted by Crippen LogP contribution is -2.51. The number of hydrogen-bond acceptors (Lipinski definition) is 4. The van der Waals surface area contributed by atoms with Gasteiger partial charge in [-0.2, -0.15) is 0 Å². The van der Waals surface area contributed by atoms with Gasteiger partial charge in [0.2, 0.25) is 5.91 Å². The molecule has 1 spiro atoms. The number of nitrogens with zero attached hydrogens (tertiary/aromatic N) is 2. The Kier molecular flexibility index (Phi) is 3.51. The summed E-state index contributed by atoms with van der Waals surface area (Å²) in [4.78, 5) is 16.7. The zero-order valence-electron chi connectivity index (χ0n) is 14.7. The van der Waals surface area contributed by atoms with Crippen molar-refractivity contribution in [3.8, 4) is 11.3 Å². The highest BCUT2D eigenvalue weighted by Crippen LogP contribution is 2.56. The highest BCUT2D eigenvalue weighted by Gasteiger charge is 2.54. The number of carbonyl (C=O) groups excluding carboxylic acids is 1. The van der Waals surface area contributed by atoms with E-state index >= 15 is 0 Å². The number of benzene rings is 2. The first-order valence-corrected chi connectivity index (χ1v) is 10.3. The van der Waals surface area contributed by atoms with Crippen LogP contribution in [0.15, 0.2) is 66.0 Å². The number of aromatic nitrogens is 2. The minimum absolute atomic E-state index is 0.139. The molecule has 0 saturated heterocycles. The number of imidazole rings is 1. The molecule has 1 aliphatic heterocycles. The highest BCUT2D eigenvalue weighted by atomic mass is 32.2. The minimum atomic E-state index is -4.03. The third-order valence-corrected chi connectivity index (χ3v) is 7.06. The molecule has 1 aromatic heterocycles. The Balaban J connectivity index is 1.38. The lowest BCUT2D eigenvalue weighted by Gasteiger charge is -2.46. The van der Waals surface area contributed by atoms with Gasteiger partial charge in [-0.15, -0.1) is 0 Å². The van der Waals surface area contributed by atoms with E-state index in [1.54, 1.807) is 12.5 Å². The SMILES string of the molecule is O=C(NS(=O)(=O)c1ccc(F)cc1)C1CC2(C1)c1ccccc1-c1cncn12. The molecule has 8 heteroatoms. The van der Waals surface area contributed by atoms with Gasteiger partial charge in [-0.05, 0) is 42.7 Å². The van der Waals surface area contributed by atoms with Gasteiger partial charge >= 0.3 is 0 Å². The summed E-state index contributed by atoms with van der Waals surface area (Å²) in [6, 6.07) is 12.4. The van der Waals surface area contributed by atoms with Crippen LogP contribution in [-0.2, 0) is 20.4 Å². The van der Waals surface area contributed by atoms with Crippen LogP contribution in [0, 0.1) is 11.7 Å². The van der Waals surface area contributed by atoms with Crippen LogP contribution in [0.1, 0.15) is 18.4 Å². The predicted molar refractivity (Wildman–Crippen MR) is 99.2 cm³/mol. The van der Waals surface area contributed by atoms with Gasteiger partial charge in [-0.3, -0.25) is 4.79 Å². The van der Waals surface area contributed by atoms with Crippen LogP contribution in [-0.4, -0.2) is 23.9 Å². The summed E-state index contributed by atoms with van der Waals surface area (Å²) >= 11 is 0. The number of amides is 1. The Labute approximate surface area is 161 Å². The van der Waals surface area contributed by atoms with E-state index in [9.17, 15) is 17.6 Å². The Morgan fingerprint density at radius 1 is 1.14 bits per heavy atom. The second kappa shape index (κ2) is 5.75. The topological polar surface area (TPSA) is 81.1 Å². The number of nitrogens with one attached hydrogen (secondary N) is 1. The predicted octanol–water partition coefficient (Wildman–Crippen LogP) is 2.66. The number of rotatable bonds is 3. The number of fused-ring (bicyclic) bond motifs is 5.